The van der Waals surface area contributed by atoms with E-state index in [1.165, 1.54) is 0 Å². The minimum atomic E-state index is -0.728. The van der Waals surface area contributed by atoms with Crippen molar-refractivity contribution in [3.8, 4) is 0 Å². The number of ether oxygens (including phenoxy) is 9. The van der Waals surface area contributed by atoms with Crippen LogP contribution in [-0.2, 0) is 47.4 Å². The van der Waals surface area contributed by atoms with Gasteiger partial charge in [-0.05, 0) is 68.4 Å². The highest BCUT2D eigenvalue weighted by atomic mass is 16.7. The zero-order valence-electron chi connectivity index (χ0n) is 31.5. The minimum absolute atomic E-state index is 0.00465. The SMILES string of the molecule is C=C1CC2CCC34COC5C6O[C@H](C3)C(O4)C6O[C@H]3CCC(CC(=O)CC4[C@@H](OC)C(CC(O)CN)O[C@H]4CC4OC(CCC1O2)C[C@@H](C)C4=C)OC53. The molecule has 12 heteroatoms. The van der Waals surface area contributed by atoms with Crippen LogP contribution in [0.15, 0.2) is 24.3 Å². The predicted octanol–water partition coefficient (Wildman–Crippen LogP) is 3.48. The van der Waals surface area contributed by atoms with Gasteiger partial charge in [0.1, 0.15) is 36.3 Å². The molecule has 0 aromatic carbocycles. The number of ketones is 1. The Labute approximate surface area is 313 Å². The number of carbonyl (C=O) groups is 1. The zero-order valence-corrected chi connectivity index (χ0v) is 31.5. The van der Waals surface area contributed by atoms with Gasteiger partial charge in [0.15, 0.2) is 0 Å². The van der Waals surface area contributed by atoms with Crippen LogP contribution in [0.3, 0.4) is 0 Å². The first-order valence-corrected chi connectivity index (χ1v) is 20.6. The topological polar surface area (TPSA) is 146 Å². The van der Waals surface area contributed by atoms with E-state index < -0.39 is 17.8 Å². The molecule has 0 radical (unpaired) electrons. The van der Waals surface area contributed by atoms with E-state index in [0.717, 1.165) is 68.9 Å². The van der Waals surface area contributed by atoms with Crippen LogP contribution in [0.2, 0.25) is 0 Å². The quantitative estimate of drug-likeness (QED) is 0.407. The Morgan fingerprint density at radius 1 is 0.830 bits per heavy atom. The van der Waals surface area contributed by atoms with E-state index in [-0.39, 0.29) is 116 Å². The Hall–Kier alpha value is -1.29. The van der Waals surface area contributed by atoms with Gasteiger partial charge < -0.3 is 53.5 Å². The summed E-state index contributed by atoms with van der Waals surface area (Å²) in [5, 5.41) is 10.5. The van der Waals surface area contributed by atoms with Gasteiger partial charge in [-0.1, -0.05) is 20.1 Å². The normalized spacial score (nSPS) is 51.8. The van der Waals surface area contributed by atoms with E-state index in [1.807, 2.05) is 0 Å². The van der Waals surface area contributed by atoms with Crippen LogP contribution < -0.4 is 5.73 Å². The summed E-state index contributed by atoms with van der Waals surface area (Å²) in [6.45, 7) is 11.8. The molecule has 10 rings (SSSR count). The van der Waals surface area contributed by atoms with E-state index >= 15 is 0 Å². The van der Waals surface area contributed by atoms with Crippen LogP contribution in [0.25, 0.3) is 0 Å². The molecule has 1 spiro atoms. The maximum absolute atomic E-state index is 14.1. The van der Waals surface area contributed by atoms with Crippen molar-refractivity contribution in [1.82, 2.24) is 0 Å². The monoisotopic (exact) mass is 743 g/mol. The Balaban J connectivity index is 0.987. The van der Waals surface area contributed by atoms with E-state index in [9.17, 15) is 9.90 Å². The average Bonchev–Trinajstić information content (AvgIpc) is 3.87. The number of fused-ring (bicyclic) bond motifs is 6. The second-order valence-electron chi connectivity index (χ2n) is 17.9. The lowest BCUT2D eigenvalue weighted by atomic mass is 9.81. The van der Waals surface area contributed by atoms with Crippen LogP contribution in [0.4, 0.5) is 0 Å². The second-order valence-corrected chi connectivity index (χ2v) is 17.9. The van der Waals surface area contributed by atoms with E-state index in [1.54, 1.807) is 7.11 Å². The van der Waals surface area contributed by atoms with Crippen molar-refractivity contribution in [3.63, 3.8) is 0 Å². The number of hydrogen-bond donors (Lipinski definition) is 2. The number of carbonyl (C=O) groups excluding carboxylic acids is 1. The largest absolute Gasteiger partial charge is 0.392 e. The van der Waals surface area contributed by atoms with Crippen LogP contribution >= 0.6 is 0 Å². The number of aliphatic hydroxyl groups is 1. The number of aliphatic hydroxyl groups excluding tert-OH is 1. The van der Waals surface area contributed by atoms with Crippen LogP contribution in [0.1, 0.15) is 90.4 Å². The van der Waals surface area contributed by atoms with Gasteiger partial charge in [0.05, 0.1) is 79.4 Å². The lowest BCUT2D eigenvalue weighted by Gasteiger charge is -2.50. The van der Waals surface area contributed by atoms with Gasteiger partial charge in [0, 0.05) is 51.7 Å². The molecule has 0 aromatic rings. The molecule has 0 aliphatic carbocycles. The highest BCUT2D eigenvalue weighted by Crippen LogP contribution is 2.52. The van der Waals surface area contributed by atoms with Crippen molar-refractivity contribution in [3.05, 3.63) is 24.3 Å². The number of hydrogen-bond acceptors (Lipinski definition) is 12. The molecule has 10 saturated heterocycles. The summed E-state index contributed by atoms with van der Waals surface area (Å²) in [6, 6.07) is 0. The summed E-state index contributed by atoms with van der Waals surface area (Å²) in [5.41, 5.74) is 7.57. The summed E-state index contributed by atoms with van der Waals surface area (Å²) in [6.07, 6.45) is 5.42. The van der Waals surface area contributed by atoms with Gasteiger partial charge in [-0.3, -0.25) is 4.79 Å². The minimum Gasteiger partial charge on any atom is -0.392 e. The Morgan fingerprint density at radius 2 is 1.60 bits per heavy atom. The third-order valence-corrected chi connectivity index (χ3v) is 14.3. The van der Waals surface area contributed by atoms with Crippen molar-refractivity contribution < 1.29 is 52.5 Å². The molecular formula is C41H61NO11. The third-order valence-electron chi connectivity index (χ3n) is 14.3. The molecule has 12 nitrogen and oxygen atoms in total. The molecule has 10 aliphatic heterocycles. The highest BCUT2D eigenvalue weighted by molar-refractivity contribution is 5.79. The first-order valence-electron chi connectivity index (χ1n) is 20.6. The highest BCUT2D eigenvalue weighted by Gasteiger charge is 2.66. The molecule has 19 atom stereocenters. The molecule has 0 amide bonds. The fraction of sp³-hybridized carbons (Fsp3) is 0.878. The van der Waals surface area contributed by atoms with Crippen molar-refractivity contribution in [2.45, 2.75) is 194 Å². The zero-order chi connectivity index (χ0) is 36.6. The lowest BCUT2D eigenvalue weighted by Crippen LogP contribution is -2.64. The molecule has 10 fully saturated rings. The fourth-order valence-corrected chi connectivity index (χ4v) is 11.5. The van der Waals surface area contributed by atoms with Gasteiger partial charge >= 0.3 is 0 Å². The standard InChI is InChI=1S/C41H61NO11/c1-20-11-25-5-7-29-21(2)12-27(47-29)9-10-41-17-34-37(53-41)39-40(52-34)38(46-19-41)36-30(51-39)8-6-26(49-36)13-23(43)14-28-32(16-31(48-25)22(20)3)50-33(35(28)45-4)15-24(44)18-42/h20,24-40,44H,2-3,5-19,42H2,1,4H3/t20-,24?,25?,26?,27?,28?,29?,30+,31?,32+,33?,34-,35-,36?,37?,38?,39?,40?,41?/m1/s1. The summed E-state index contributed by atoms with van der Waals surface area (Å²) in [4.78, 5) is 14.1. The Kier molecular flexibility index (Phi) is 10.5. The maximum Gasteiger partial charge on any atom is 0.135 e. The summed E-state index contributed by atoms with van der Waals surface area (Å²) >= 11 is 0. The first-order chi connectivity index (χ1) is 25.6. The third kappa shape index (κ3) is 7.04. The van der Waals surface area contributed by atoms with Gasteiger partial charge in [-0.2, -0.15) is 0 Å². The van der Waals surface area contributed by atoms with E-state index in [0.29, 0.717) is 25.9 Å². The second kappa shape index (κ2) is 14.9. The Bertz CT molecular complexity index is 1400. The van der Waals surface area contributed by atoms with Crippen LogP contribution in [-0.4, -0.2) is 134 Å². The van der Waals surface area contributed by atoms with Crippen molar-refractivity contribution in [2.24, 2.45) is 17.6 Å². The predicted molar refractivity (Wildman–Crippen MR) is 191 cm³/mol. The van der Waals surface area contributed by atoms with Gasteiger partial charge in [-0.15, -0.1) is 0 Å². The molecule has 3 N–H and O–H groups in total. The summed E-state index contributed by atoms with van der Waals surface area (Å²) in [5.74, 6) is 0.167. The summed E-state index contributed by atoms with van der Waals surface area (Å²) < 4.78 is 60.1. The first kappa shape index (κ1) is 37.3. The van der Waals surface area contributed by atoms with Crippen LogP contribution in [0, 0.1) is 11.8 Å². The maximum atomic E-state index is 14.1. The molecule has 14 unspecified atom stereocenters. The number of rotatable bonds is 4. The summed E-state index contributed by atoms with van der Waals surface area (Å²) in [7, 11) is 1.66. The fourth-order valence-electron chi connectivity index (χ4n) is 11.5. The smallest absolute Gasteiger partial charge is 0.135 e. The van der Waals surface area contributed by atoms with Gasteiger partial charge in [0.2, 0.25) is 0 Å². The molecular weight excluding hydrogens is 682 g/mol. The molecule has 53 heavy (non-hydrogen) atoms. The molecule has 10 heterocycles. The molecule has 0 saturated carbocycles. The van der Waals surface area contributed by atoms with Crippen molar-refractivity contribution >= 4 is 5.78 Å². The molecule has 0 aromatic heterocycles. The average molecular weight is 744 g/mol. The Morgan fingerprint density at radius 3 is 2.43 bits per heavy atom. The van der Waals surface area contributed by atoms with Gasteiger partial charge in [-0.25, -0.2) is 0 Å². The number of Topliss-reactive ketones (excluding diaryl/α,β-unsaturated/α-hetero) is 1. The van der Waals surface area contributed by atoms with Gasteiger partial charge in [0.25, 0.3) is 0 Å². The number of methoxy groups -OCH3 is 1. The van der Waals surface area contributed by atoms with E-state index in [4.69, 9.17) is 48.4 Å². The van der Waals surface area contributed by atoms with Crippen molar-refractivity contribution in [2.75, 3.05) is 20.3 Å². The molecule has 12 bridgehead atoms. The van der Waals surface area contributed by atoms with Crippen LogP contribution in [0.5, 0.6) is 0 Å². The lowest BCUT2D eigenvalue weighted by molar-refractivity contribution is -0.300. The molecule has 296 valence electrons. The molecule has 10 aliphatic rings. The van der Waals surface area contributed by atoms with Crippen molar-refractivity contribution in [1.29, 1.82) is 0 Å². The van der Waals surface area contributed by atoms with E-state index in [2.05, 4.69) is 20.1 Å². The number of nitrogens with two attached hydrogens (primary N) is 1.